The minimum atomic E-state index is -0.813. The quantitative estimate of drug-likeness (QED) is 0.652. The van der Waals surface area contributed by atoms with Crippen LogP contribution in [0.15, 0.2) is 11.1 Å². The molecule has 3 aliphatic rings. The van der Waals surface area contributed by atoms with E-state index >= 15 is 0 Å². The molecule has 3 aliphatic carbocycles. The van der Waals surface area contributed by atoms with Gasteiger partial charge >= 0.3 is 0 Å². The molecule has 0 radical (unpaired) electrons. The number of aliphatic hydroxyl groups is 2. The fourth-order valence-corrected chi connectivity index (χ4v) is 4.85. The normalized spacial score (nSPS) is 58.4. The van der Waals surface area contributed by atoms with Crippen LogP contribution in [-0.4, -0.2) is 21.4 Å². The van der Waals surface area contributed by atoms with Gasteiger partial charge in [-0.15, -0.1) is 0 Å². The summed E-state index contributed by atoms with van der Waals surface area (Å²) < 4.78 is 0. The monoisotopic (exact) mass is 210 g/mol. The first kappa shape index (κ1) is 11.2. The molecule has 15 heavy (non-hydrogen) atoms. The summed E-state index contributed by atoms with van der Waals surface area (Å²) >= 11 is 0. The lowest BCUT2D eigenvalue weighted by Crippen LogP contribution is -2.80. The highest BCUT2D eigenvalue weighted by Gasteiger charge is 2.86. The molecule has 2 unspecified atom stereocenters. The third-order valence-electron chi connectivity index (χ3n) is 6.09. The Bertz CT molecular complexity index is 345. The highest BCUT2D eigenvalue weighted by atomic mass is 16.3. The van der Waals surface area contributed by atoms with E-state index < -0.39 is 22.0 Å². The van der Waals surface area contributed by atoms with Crippen molar-refractivity contribution < 1.29 is 10.2 Å². The molecule has 0 spiro atoms. The molecule has 2 N–H and O–H groups in total. The van der Waals surface area contributed by atoms with Gasteiger partial charge < -0.3 is 10.2 Å². The third-order valence-corrected chi connectivity index (χ3v) is 6.09. The Morgan fingerprint density at radius 3 is 1.47 bits per heavy atom. The predicted molar refractivity (Wildman–Crippen MR) is 60.5 cm³/mol. The van der Waals surface area contributed by atoms with E-state index in [1.165, 1.54) is 11.1 Å². The summed E-state index contributed by atoms with van der Waals surface area (Å²) in [5.41, 5.74) is -0.209. The molecule has 1 fully saturated rings. The van der Waals surface area contributed by atoms with Crippen LogP contribution in [0.3, 0.4) is 0 Å². The Kier molecular flexibility index (Phi) is 1.73. The van der Waals surface area contributed by atoms with Crippen molar-refractivity contribution in [1.29, 1.82) is 0 Å². The topological polar surface area (TPSA) is 40.5 Å². The minimum absolute atomic E-state index is 0.446. The van der Waals surface area contributed by atoms with Gasteiger partial charge in [-0.3, -0.25) is 0 Å². The molecule has 86 valence electrons. The second kappa shape index (κ2) is 2.33. The van der Waals surface area contributed by atoms with E-state index in [2.05, 4.69) is 6.92 Å². The first-order chi connectivity index (χ1) is 6.63. The second-order valence-electron chi connectivity index (χ2n) is 5.78. The summed E-state index contributed by atoms with van der Waals surface area (Å²) in [6, 6.07) is 0. The molecular formula is C13H22O2. The first-order valence-corrected chi connectivity index (χ1v) is 5.76. The van der Waals surface area contributed by atoms with Gasteiger partial charge in [0, 0.05) is 10.8 Å². The Balaban J connectivity index is 2.73. The van der Waals surface area contributed by atoms with E-state index in [0.717, 1.165) is 6.42 Å². The maximum atomic E-state index is 10.7. The molecule has 0 aromatic heterocycles. The highest BCUT2D eigenvalue weighted by Crippen LogP contribution is 2.80. The molecule has 2 atom stereocenters. The Morgan fingerprint density at radius 1 is 0.933 bits per heavy atom. The lowest BCUT2D eigenvalue weighted by Gasteiger charge is -2.71. The smallest absolute Gasteiger partial charge is 0.0858 e. The molecular weight excluding hydrogens is 188 g/mol. The van der Waals surface area contributed by atoms with Crippen LogP contribution < -0.4 is 0 Å². The van der Waals surface area contributed by atoms with Crippen LogP contribution in [0, 0.1) is 10.8 Å². The SMILES string of the molecule is CCC12C(C)=C(C)C(C)(C1(C)O)C2(C)O. The fraction of sp³-hybridized carbons (Fsp3) is 0.846. The van der Waals surface area contributed by atoms with Gasteiger partial charge in [-0.05, 0) is 34.1 Å². The van der Waals surface area contributed by atoms with Crippen molar-refractivity contribution in [2.45, 2.75) is 59.2 Å². The number of hydrogen-bond acceptors (Lipinski definition) is 2. The lowest BCUT2D eigenvalue weighted by molar-refractivity contribution is -0.336. The van der Waals surface area contributed by atoms with Crippen molar-refractivity contribution in [2.24, 2.45) is 10.8 Å². The fourth-order valence-electron chi connectivity index (χ4n) is 4.85. The molecule has 0 amide bonds. The molecule has 0 saturated heterocycles. The van der Waals surface area contributed by atoms with Crippen LogP contribution in [-0.2, 0) is 0 Å². The van der Waals surface area contributed by atoms with Gasteiger partial charge in [0.2, 0.25) is 0 Å². The summed E-state index contributed by atoms with van der Waals surface area (Å²) in [7, 11) is 0. The summed E-state index contributed by atoms with van der Waals surface area (Å²) in [5.74, 6) is 0. The molecule has 3 rings (SSSR count). The summed E-state index contributed by atoms with van der Waals surface area (Å²) in [5, 5.41) is 21.4. The summed E-state index contributed by atoms with van der Waals surface area (Å²) in [6.07, 6.45) is 0.783. The van der Waals surface area contributed by atoms with Gasteiger partial charge in [-0.25, -0.2) is 0 Å². The molecule has 2 heteroatoms. The Labute approximate surface area is 92.0 Å². The van der Waals surface area contributed by atoms with Gasteiger partial charge in [0.1, 0.15) is 0 Å². The van der Waals surface area contributed by atoms with Gasteiger partial charge in [0.25, 0.3) is 0 Å². The lowest BCUT2D eigenvalue weighted by atomic mass is 9.37. The van der Waals surface area contributed by atoms with Crippen molar-refractivity contribution in [2.75, 3.05) is 0 Å². The Hall–Kier alpha value is -0.340. The van der Waals surface area contributed by atoms with Crippen LogP contribution in [0.1, 0.15) is 48.0 Å². The molecule has 2 bridgehead atoms. The van der Waals surface area contributed by atoms with E-state index in [1.54, 1.807) is 0 Å². The van der Waals surface area contributed by atoms with Crippen LogP contribution in [0.2, 0.25) is 0 Å². The van der Waals surface area contributed by atoms with Gasteiger partial charge in [0.05, 0.1) is 11.2 Å². The standard InChI is InChI=1S/C13H22O2/c1-7-13-9(3)8(2)10(4,11(13,5)14)12(13,6)15/h14-15H,7H2,1-6H3. The summed E-state index contributed by atoms with van der Waals surface area (Å²) in [6.45, 7) is 11.9. The Morgan fingerprint density at radius 2 is 1.33 bits per heavy atom. The summed E-state index contributed by atoms with van der Waals surface area (Å²) in [4.78, 5) is 0. The molecule has 2 nitrogen and oxygen atoms in total. The van der Waals surface area contributed by atoms with Gasteiger partial charge in [-0.1, -0.05) is 25.0 Å². The largest absolute Gasteiger partial charge is 0.388 e. The van der Waals surface area contributed by atoms with E-state index in [1.807, 2.05) is 34.6 Å². The molecule has 1 saturated carbocycles. The second-order valence-corrected chi connectivity index (χ2v) is 5.78. The van der Waals surface area contributed by atoms with E-state index in [9.17, 15) is 10.2 Å². The molecule has 0 aromatic carbocycles. The maximum Gasteiger partial charge on any atom is 0.0858 e. The number of hydrogen-bond donors (Lipinski definition) is 2. The van der Waals surface area contributed by atoms with Crippen molar-refractivity contribution in [3.63, 3.8) is 0 Å². The van der Waals surface area contributed by atoms with Crippen molar-refractivity contribution in [1.82, 2.24) is 0 Å². The predicted octanol–water partition coefficient (Wildman–Crippen LogP) is 2.25. The first-order valence-electron chi connectivity index (χ1n) is 5.76. The van der Waals surface area contributed by atoms with Crippen LogP contribution >= 0.6 is 0 Å². The van der Waals surface area contributed by atoms with Crippen molar-refractivity contribution in [3.8, 4) is 0 Å². The van der Waals surface area contributed by atoms with Crippen LogP contribution in [0.4, 0.5) is 0 Å². The molecule has 0 aromatic rings. The molecule has 0 heterocycles. The van der Waals surface area contributed by atoms with Crippen LogP contribution in [0.25, 0.3) is 0 Å². The maximum absolute atomic E-state index is 10.7. The van der Waals surface area contributed by atoms with E-state index in [4.69, 9.17) is 0 Å². The average Bonchev–Trinajstić information content (AvgIpc) is 2.33. The minimum Gasteiger partial charge on any atom is -0.388 e. The zero-order chi connectivity index (χ0) is 11.9. The van der Waals surface area contributed by atoms with Crippen molar-refractivity contribution in [3.05, 3.63) is 11.1 Å². The van der Waals surface area contributed by atoms with E-state index in [-0.39, 0.29) is 0 Å². The average molecular weight is 210 g/mol. The highest BCUT2D eigenvalue weighted by molar-refractivity contribution is 5.55. The van der Waals surface area contributed by atoms with Crippen LogP contribution in [0.5, 0.6) is 0 Å². The molecule has 0 aliphatic heterocycles. The van der Waals surface area contributed by atoms with Gasteiger partial charge in [-0.2, -0.15) is 0 Å². The number of rotatable bonds is 1. The zero-order valence-electron chi connectivity index (χ0n) is 10.6. The van der Waals surface area contributed by atoms with Crippen molar-refractivity contribution >= 4 is 0 Å². The van der Waals surface area contributed by atoms with Gasteiger partial charge in [0.15, 0.2) is 0 Å². The third kappa shape index (κ3) is 0.622. The van der Waals surface area contributed by atoms with E-state index in [0.29, 0.717) is 0 Å². The zero-order valence-corrected chi connectivity index (χ0v) is 10.6.